The highest BCUT2D eigenvalue weighted by Gasteiger charge is 2.33. The van der Waals surface area contributed by atoms with E-state index in [9.17, 15) is 9.59 Å². The Labute approximate surface area is 188 Å². The zero-order valence-corrected chi connectivity index (χ0v) is 18.9. The van der Waals surface area contributed by atoms with E-state index >= 15 is 0 Å². The van der Waals surface area contributed by atoms with E-state index in [0.717, 1.165) is 58.7 Å². The Morgan fingerprint density at radius 2 is 1.90 bits per heavy atom. The lowest BCUT2D eigenvalue weighted by Crippen LogP contribution is -2.57. The normalized spacial score (nSPS) is 21.0. The van der Waals surface area contributed by atoms with E-state index in [1.165, 1.54) is 10.4 Å². The Bertz CT molecular complexity index is 843. The first-order chi connectivity index (χ1) is 15.2. The van der Waals surface area contributed by atoms with Gasteiger partial charge in [0, 0.05) is 57.2 Å². The lowest BCUT2D eigenvalue weighted by molar-refractivity contribution is -0.138. The zero-order chi connectivity index (χ0) is 21.5. The smallest absolute Gasteiger partial charge is 0.237 e. The van der Waals surface area contributed by atoms with Crippen LogP contribution in [0.5, 0.6) is 0 Å². The highest BCUT2D eigenvalue weighted by Crippen LogP contribution is 2.16. The van der Waals surface area contributed by atoms with Crippen molar-refractivity contribution in [1.82, 2.24) is 20.0 Å². The van der Waals surface area contributed by atoms with Crippen molar-refractivity contribution in [3.63, 3.8) is 0 Å². The van der Waals surface area contributed by atoms with Gasteiger partial charge < -0.3 is 10.2 Å². The molecule has 0 aliphatic carbocycles. The van der Waals surface area contributed by atoms with Gasteiger partial charge in [0.15, 0.2) is 0 Å². The molecule has 7 heteroatoms. The summed E-state index contributed by atoms with van der Waals surface area (Å²) >= 11 is 1.78. The van der Waals surface area contributed by atoms with Gasteiger partial charge >= 0.3 is 0 Å². The van der Waals surface area contributed by atoms with Gasteiger partial charge in [-0.3, -0.25) is 19.4 Å². The molecule has 31 heavy (non-hydrogen) atoms. The summed E-state index contributed by atoms with van der Waals surface area (Å²) in [6, 6.07) is 14.2. The number of carbonyl (C=O) groups is 2. The first-order valence-corrected chi connectivity index (χ1v) is 12.2. The van der Waals surface area contributed by atoms with E-state index in [0.29, 0.717) is 6.54 Å². The predicted octanol–water partition coefficient (Wildman–Crippen LogP) is 2.22. The van der Waals surface area contributed by atoms with Crippen molar-refractivity contribution in [2.75, 3.05) is 45.8 Å². The van der Waals surface area contributed by atoms with Crippen LogP contribution in [0.15, 0.2) is 47.8 Å². The molecule has 2 fully saturated rings. The van der Waals surface area contributed by atoms with Gasteiger partial charge in [0.25, 0.3) is 0 Å². The number of nitrogens with zero attached hydrogens (tertiary/aromatic N) is 3. The Kier molecular flexibility index (Phi) is 7.72. The van der Waals surface area contributed by atoms with E-state index in [4.69, 9.17) is 0 Å². The summed E-state index contributed by atoms with van der Waals surface area (Å²) in [6.45, 7) is 6.61. The molecule has 6 nitrogen and oxygen atoms in total. The number of benzene rings is 1. The molecule has 1 unspecified atom stereocenters. The molecule has 166 valence electrons. The lowest BCUT2D eigenvalue weighted by Gasteiger charge is -2.35. The van der Waals surface area contributed by atoms with Gasteiger partial charge in [-0.15, -0.1) is 11.3 Å². The molecule has 0 bridgehead atoms. The van der Waals surface area contributed by atoms with Gasteiger partial charge in [-0.25, -0.2) is 0 Å². The molecule has 1 aromatic carbocycles. The van der Waals surface area contributed by atoms with E-state index in [2.05, 4.69) is 44.8 Å². The maximum absolute atomic E-state index is 13.1. The number of carbonyl (C=O) groups excluding carboxylic acids is 2. The number of hydrogen-bond acceptors (Lipinski definition) is 5. The van der Waals surface area contributed by atoms with Crippen LogP contribution < -0.4 is 5.32 Å². The molecule has 1 N–H and O–H groups in total. The van der Waals surface area contributed by atoms with E-state index in [1.54, 1.807) is 11.3 Å². The molecular weight excluding hydrogens is 408 g/mol. The maximum atomic E-state index is 13.1. The highest BCUT2D eigenvalue weighted by molar-refractivity contribution is 7.09. The number of thiophene rings is 1. The molecule has 2 amide bonds. The zero-order valence-electron chi connectivity index (χ0n) is 18.0. The second-order valence-electron chi connectivity index (χ2n) is 8.37. The Morgan fingerprint density at radius 1 is 1.03 bits per heavy atom. The van der Waals surface area contributed by atoms with Crippen molar-refractivity contribution in [2.24, 2.45) is 0 Å². The third-order valence-electron chi connectivity index (χ3n) is 6.24. The van der Waals surface area contributed by atoms with Crippen LogP contribution in [0.25, 0.3) is 0 Å². The summed E-state index contributed by atoms with van der Waals surface area (Å²) in [7, 11) is 0. The van der Waals surface area contributed by atoms with E-state index in [-0.39, 0.29) is 24.3 Å². The summed E-state index contributed by atoms with van der Waals surface area (Å²) in [5.74, 6) is 0.0894. The fourth-order valence-electron chi connectivity index (χ4n) is 4.46. The average Bonchev–Trinajstić information content (AvgIpc) is 3.18. The summed E-state index contributed by atoms with van der Waals surface area (Å²) in [5.41, 5.74) is 1.26. The second-order valence-corrected chi connectivity index (χ2v) is 9.40. The first kappa shape index (κ1) is 22.0. The molecule has 0 spiro atoms. The summed E-state index contributed by atoms with van der Waals surface area (Å²) in [4.78, 5) is 33.7. The Morgan fingerprint density at radius 3 is 2.71 bits per heavy atom. The summed E-state index contributed by atoms with van der Waals surface area (Å²) < 4.78 is 0. The second kappa shape index (κ2) is 10.9. The number of hydrogen-bond donors (Lipinski definition) is 1. The first-order valence-electron chi connectivity index (χ1n) is 11.3. The van der Waals surface area contributed by atoms with Crippen LogP contribution in [-0.2, 0) is 22.6 Å². The van der Waals surface area contributed by atoms with Gasteiger partial charge in [-0.2, -0.15) is 0 Å². The van der Waals surface area contributed by atoms with Gasteiger partial charge in [0.1, 0.15) is 0 Å². The van der Waals surface area contributed by atoms with Crippen molar-refractivity contribution in [2.45, 2.75) is 31.8 Å². The van der Waals surface area contributed by atoms with Gasteiger partial charge in [0.05, 0.1) is 12.5 Å². The van der Waals surface area contributed by atoms with Crippen molar-refractivity contribution in [3.05, 3.63) is 58.3 Å². The quantitative estimate of drug-likeness (QED) is 0.717. The van der Waals surface area contributed by atoms with Gasteiger partial charge in [-0.05, 0) is 29.9 Å². The van der Waals surface area contributed by atoms with Gasteiger partial charge in [-0.1, -0.05) is 36.4 Å². The van der Waals surface area contributed by atoms with E-state index in [1.807, 2.05) is 23.1 Å². The molecule has 0 saturated carbocycles. The fraction of sp³-hybridized carbons (Fsp3) is 0.500. The number of nitrogens with one attached hydrogen (secondary N) is 1. The highest BCUT2D eigenvalue weighted by atomic mass is 32.1. The van der Waals surface area contributed by atoms with Gasteiger partial charge in [0.2, 0.25) is 11.8 Å². The molecule has 2 aliphatic rings. The molecule has 0 radical (unpaired) electrons. The van der Waals surface area contributed by atoms with Crippen molar-refractivity contribution in [1.29, 1.82) is 0 Å². The molecule has 3 heterocycles. The maximum Gasteiger partial charge on any atom is 0.237 e. The molecule has 1 aromatic heterocycles. The summed E-state index contributed by atoms with van der Waals surface area (Å²) in [6.07, 6.45) is 2.14. The third-order valence-corrected chi connectivity index (χ3v) is 7.10. The van der Waals surface area contributed by atoms with Crippen LogP contribution >= 0.6 is 11.3 Å². The standard InChI is InChI=1S/C24H32N4O2S/c29-23(28-12-5-11-26(15-16-28)19-21-8-4-17-31-21)18-22-24(30)25-10-14-27(22)13-9-20-6-2-1-3-7-20/h1-4,6-8,17,22H,5,9-16,18-19H2,(H,25,30). The molecule has 2 aliphatic heterocycles. The molecule has 2 saturated heterocycles. The van der Waals surface area contributed by atoms with Crippen LogP contribution in [0.3, 0.4) is 0 Å². The number of rotatable bonds is 7. The van der Waals surface area contributed by atoms with Crippen LogP contribution in [0, 0.1) is 0 Å². The largest absolute Gasteiger partial charge is 0.353 e. The molecular formula is C24H32N4O2S. The topological polar surface area (TPSA) is 55.9 Å². The van der Waals surface area contributed by atoms with Crippen LogP contribution in [0.4, 0.5) is 0 Å². The van der Waals surface area contributed by atoms with Crippen LogP contribution in [0.2, 0.25) is 0 Å². The lowest BCUT2D eigenvalue weighted by atomic mass is 10.1. The summed E-state index contributed by atoms with van der Waals surface area (Å²) in [5, 5.41) is 5.07. The average molecular weight is 441 g/mol. The van der Waals surface area contributed by atoms with Crippen molar-refractivity contribution >= 4 is 23.2 Å². The predicted molar refractivity (Wildman–Crippen MR) is 124 cm³/mol. The van der Waals surface area contributed by atoms with Crippen LogP contribution in [-0.4, -0.2) is 78.4 Å². The van der Waals surface area contributed by atoms with Crippen molar-refractivity contribution < 1.29 is 9.59 Å². The minimum Gasteiger partial charge on any atom is -0.353 e. The minimum atomic E-state index is -0.365. The number of piperazine rings is 1. The van der Waals surface area contributed by atoms with E-state index < -0.39 is 0 Å². The van der Waals surface area contributed by atoms with Crippen molar-refractivity contribution in [3.8, 4) is 0 Å². The molecule has 1 atom stereocenters. The number of amides is 2. The molecule has 2 aromatic rings. The minimum absolute atomic E-state index is 0.0122. The molecule has 4 rings (SSSR count). The SMILES string of the molecule is O=C1NCCN(CCc2ccccc2)C1CC(=O)N1CCCN(Cc2cccs2)CC1. The third kappa shape index (κ3) is 6.15. The monoisotopic (exact) mass is 440 g/mol. The fourth-order valence-corrected chi connectivity index (χ4v) is 5.21. The Hall–Kier alpha value is -2.22. The Balaban J connectivity index is 1.31. The van der Waals surface area contributed by atoms with Crippen LogP contribution in [0.1, 0.15) is 23.3 Å².